The Morgan fingerprint density at radius 2 is 2.05 bits per heavy atom. The summed E-state index contributed by atoms with van der Waals surface area (Å²) in [7, 11) is 0. The first kappa shape index (κ1) is 11.7. The molecule has 0 aliphatic rings. The van der Waals surface area contributed by atoms with Gasteiger partial charge in [0, 0.05) is 6.20 Å². The summed E-state index contributed by atoms with van der Waals surface area (Å²) in [5.41, 5.74) is 2.09. The summed E-state index contributed by atoms with van der Waals surface area (Å²) in [5.74, 6) is 0.115. The maximum absolute atomic E-state index is 11.9. The number of nitrogens with one attached hydrogen (secondary N) is 2. The van der Waals surface area contributed by atoms with Gasteiger partial charge in [-0.1, -0.05) is 23.7 Å². The van der Waals surface area contributed by atoms with Crippen LogP contribution < -0.4 is 5.32 Å². The van der Waals surface area contributed by atoms with Crippen molar-refractivity contribution in [3.05, 3.63) is 53.3 Å². The number of hydrogen-bond acceptors (Lipinski definition) is 3. The van der Waals surface area contributed by atoms with E-state index in [4.69, 9.17) is 11.6 Å². The predicted molar refractivity (Wildman–Crippen MR) is 73.3 cm³/mol. The van der Waals surface area contributed by atoms with Gasteiger partial charge in [-0.15, -0.1) is 0 Å². The first-order chi connectivity index (χ1) is 9.22. The third-order valence-corrected chi connectivity index (χ3v) is 2.83. The van der Waals surface area contributed by atoms with Crippen LogP contribution in [0.5, 0.6) is 0 Å². The lowest BCUT2D eigenvalue weighted by Crippen LogP contribution is -2.13. The largest absolute Gasteiger partial charge is 0.324 e. The number of H-pyrrole nitrogens is 1. The maximum Gasteiger partial charge on any atom is 0.259 e. The molecule has 94 valence electrons. The second kappa shape index (κ2) is 4.70. The Hall–Kier alpha value is -2.40. The lowest BCUT2D eigenvalue weighted by Gasteiger charge is -2.00. The summed E-state index contributed by atoms with van der Waals surface area (Å²) in [6, 6.07) is 10.7. The zero-order chi connectivity index (χ0) is 13.2. The normalized spacial score (nSPS) is 10.6. The average molecular weight is 273 g/mol. The molecule has 3 rings (SSSR count). The van der Waals surface area contributed by atoms with Crippen LogP contribution >= 0.6 is 11.6 Å². The van der Waals surface area contributed by atoms with Crippen LogP contribution in [-0.2, 0) is 0 Å². The van der Waals surface area contributed by atoms with E-state index in [1.54, 1.807) is 12.1 Å². The minimum absolute atomic E-state index is 0.289. The van der Waals surface area contributed by atoms with Gasteiger partial charge in [-0.25, -0.2) is 9.97 Å². The van der Waals surface area contributed by atoms with Gasteiger partial charge in [0.05, 0.1) is 16.6 Å². The molecule has 6 heteroatoms. The molecule has 0 fully saturated rings. The van der Waals surface area contributed by atoms with E-state index in [0.29, 0.717) is 16.7 Å². The van der Waals surface area contributed by atoms with Gasteiger partial charge in [-0.05, 0) is 24.3 Å². The highest BCUT2D eigenvalue weighted by Crippen LogP contribution is 2.14. The molecule has 0 radical (unpaired) electrons. The van der Waals surface area contributed by atoms with Crippen molar-refractivity contribution < 1.29 is 4.79 Å². The Bertz CT molecular complexity index is 703. The van der Waals surface area contributed by atoms with E-state index < -0.39 is 0 Å². The molecule has 0 aliphatic heterocycles. The maximum atomic E-state index is 11.9. The van der Waals surface area contributed by atoms with Crippen LogP contribution in [0.25, 0.3) is 11.0 Å². The van der Waals surface area contributed by atoms with Crippen LogP contribution in [0.1, 0.15) is 10.4 Å². The number of anilines is 1. The Morgan fingerprint density at radius 3 is 2.79 bits per heavy atom. The zero-order valence-electron chi connectivity index (χ0n) is 9.72. The molecule has 0 unspecified atom stereocenters. The van der Waals surface area contributed by atoms with E-state index in [0.717, 1.165) is 11.0 Å². The highest BCUT2D eigenvalue weighted by atomic mass is 35.5. The number of hydrogen-bond donors (Lipinski definition) is 2. The van der Waals surface area contributed by atoms with Gasteiger partial charge in [0.1, 0.15) is 5.15 Å². The molecule has 2 N–H and O–H groups in total. The number of carbonyl (C=O) groups excluding carboxylic acids is 1. The number of aromatic nitrogens is 3. The number of rotatable bonds is 2. The highest BCUT2D eigenvalue weighted by Gasteiger charge is 2.09. The fraction of sp³-hybridized carbons (Fsp3) is 0. The predicted octanol–water partition coefficient (Wildman–Crippen LogP) is 2.86. The summed E-state index contributed by atoms with van der Waals surface area (Å²) in [6.45, 7) is 0. The van der Waals surface area contributed by atoms with Crippen molar-refractivity contribution in [2.75, 3.05) is 5.32 Å². The van der Waals surface area contributed by atoms with Crippen molar-refractivity contribution in [1.82, 2.24) is 15.0 Å². The van der Waals surface area contributed by atoms with Crippen molar-refractivity contribution in [3.63, 3.8) is 0 Å². The minimum Gasteiger partial charge on any atom is -0.324 e. The van der Waals surface area contributed by atoms with E-state index >= 15 is 0 Å². The van der Waals surface area contributed by atoms with Crippen molar-refractivity contribution in [2.45, 2.75) is 0 Å². The van der Waals surface area contributed by atoms with E-state index in [1.165, 1.54) is 6.20 Å². The summed E-state index contributed by atoms with van der Waals surface area (Å²) in [4.78, 5) is 23.1. The Balaban J connectivity index is 1.84. The quantitative estimate of drug-likeness (QED) is 0.705. The third-order valence-electron chi connectivity index (χ3n) is 2.61. The number of benzene rings is 1. The van der Waals surface area contributed by atoms with Crippen molar-refractivity contribution in [2.24, 2.45) is 0 Å². The van der Waals surface area contributed by atoms with Gasteiger partial charge in [0.2, 0.25) is 5.95 Å². The number of nitrogens with zero attached hydrogens (tertiary/aromatic N) is 2. The molecule has 5 nitrogen and oxygen atoms in total. The van der Waals surface area contributed by atoms with Crippen molar-refractivity contribution in [3.8, 4) is 0 Å². The molecule has 19 heavy (non-hydrogen) atoms. The Morgan fingerprint density at radius 1 is 1.21 bits per heavy atom. The van der Waals surface area contributed by atoms with Crippen molar-refractivity contribution in [1.29, 1.82) is 0 Å². The first-order valence-electron chi connectivity index (χ1n) is 5.60. The molecule has 0 spiro atoms. The molecule has 1 amide bonds. The summed E-state index contributed by atoms with van der Waals surface area (Å²) in [6.07, 6.45) is 1.42. The van der Waals surface area contributed by atoms with Crippen LogP contribution in [0, 0.1) is 0 Å². The van der Waals surface area contributed by atoms with Gasteiger partial charge in [-0.2, -0.15) is 0 Å². The van der Waals surface area contributed by atoms with E-state index in [9.17, 15) is 4.79 Å². The fourth-order valence-corrected chi connectivity index (χ4v) is 1.81. The second-order valence-corrected chi connectivity index (χ2v) is 4.31. The summed E-state index contributed by atoms with van der Waals surface area (Å²) >= 11 is 5.67. The lowest BCUT2D eigenvalue weighted by atomic mass is 10.3. The molecule has 0 saturated heterocycles. The number of pyridine rings is 1. The van der Waals surface area contributed by atoms with E-state index in [2.05, 4.69) is 20.3 Å². The van der Waals surface area contributed by atoms with E-state index in [-0.39, 0.29) is 5.91 Å². The monoisotopic (exact) mass is 272 g/mol. The summed E-state index contributed by atoms with van der Waals surface area (Å²) < 4.78 is 0. The highest BCUT2D eigenvalue weighted by molar-refractivity contribution is 6.29. The van der Waals surface area contributed by atoms with Gasteiger partial charge >= 0.3 is 0 Å². The number of fused-ring (bicyclic) bond motifs is 1. The van der Waals surface area contributed by atoms with Crippen LogP contribution in [0.15, 0.2) is 42.6 Å². The number of halogens is 1. The Labute approximate surface area is 113 Å². The standard InChI is InChI=1S/C13H9ClN4O/c14-11-6-5-8(7-15-11)12(19)18-13-16-9-3-1-2-4-10(9)17-13/h1-7H,(H2,16,17,18,19). The number of aromatic amines is 1. The molecule has 3 aromatic rings. The van der Waals surface area contributed by atoms with Crippen molar-refractivity contribution >= 4 is 34.5 Å². The summed E-state index contributed by atoms with van der Waals surface area (Å²) in [5, 5.41) is 3.03. The molecular formula is C13H9ClN4O. The van der Waals surface area contributed by atoms with Gasteiger partial charge in [0.25, 0.3) is 5.91 Å². The van der Waals surface area contributed by atoms with E-state index in [1.807, 2.05) is 24.3 Å². The number of para-hydroxylation sites is 2. The molecule has 0 aliphatic carbocycles. The topological polar surface area (TPSA) is 70.7 Å². The van der Waals surface area contributed by atoms with Crippen LogP contribution in [0.4, 0.5) is 5.95 Å². The van der Waals surface area contributed by atoms with Crippen LogP contribution in [0.3, 0.4) is 0 Å². The smallest absolute Gasteiger partial charge is 0.259 e. The van der Waals surface area contributed by atoms with Crippen LogP contribution in [-0.4, -0.2) is 20.9 Å². The van der Waals surface area contributed by atoms with Gasteiger partial charge < -0.3 is 4.98 Å². The third kappa shape index (κ3) is 2.41. The van der Waals surface area contributed by atoms with Crippen LogP contribution in [0.2, 0.25) is 5.15 Å². The molecular weight excluding hydrogens is 264 g/mol. The minimum atomic E-state index is -0.289. The molecule has 0 atom stereocenters. The SMILES string of the molecule is O=C(Nc1nc2ccccc2[nH]1)c1ccc(Cl)nc1. The molecule has 2 heterocycles. The molecule has 2 aromatic heterocycles. The molecule has 0 saturated carbocycles. The fourth-order valence-electron chi connectivity index (χ4n) is 1.70. The van der Waals surface area contributed by atoms with Gasteiger partial charge in [-0.3, -0.25) is 10.1 Å². The molecule has 0 bridgehead atoms. The Kier molecular flexibility index (Phi) is 2.89. The number of carbonyl (C=O) groups is 1. The zero-order valence-corrected chi connectivity index (χ0v) is 10.5. The van der Waals surface area contributed by atoms with Gasteiger partial charge in [0.15, 0.2) is 0 Å². The molecule has 1 aromatic carbocycles. The number of amides is 1. The average Bonchev–Trinajstić information content (AvgIpc) is 2.81. The lowest BCUT2D eigenvalue weighted by molar-refractivity contribution is 0.102. The second-order valence-electron chi connectivity index (χ2n) is 3.93. The first-order valence-corrected chi connectivity index (χ1v) is 5.98. The number of imidazole rings is 1.